The fourth-order valence-corrected chi connectivity index (χ4v) is 4.87. The minimum Gasteiger partial charge on any atom is -0.349 e. The number of hydrogen-bond acceptors (Lipinski definition) is 2. The molecule has 2 aromatic carbocycles. The first-order valence-electron chi connectivity index (χ1n) is 10.0. The molecule has 2 atom stereocenters. The van der Waals surface area contributed by atoms with Gasteiger partial charge in [0, 0.05) is 17.6 Å². The van der Waals surface area contributed by atoms with Crippen molar-refractivity contribution in [2.24, 2.45) is 5.92 Å². The van der Waals surface area contributed by atoms with E-state index in [1.807, 2.05) is 32.0 Å². The molecule has 2 aromatic rings. The number of alkyl halides is 2. The first kappa shape index (κ1) is 21.5. The maximum Gasteiger partial charge on any atom is 0.253 e. The highest BCUT2D eigenvalue weighted by Gasteiger charge is 2.67. The summed E-state index contributed by atoms with van der Waals surface area (Å²) in [6.45, 7) is 4.05. The monoisotopic (exact) mass is 464 g/mol. The number of aryl methyl sites for hydroxylation is 2. The molecule has 2 saturated carbocycles. The molecular formula is C23H23Cl3N2O2. The second kappa shape index (κ2) is 8.07. The van der Waals surface area contributed by atoms with Crippen molar-refractivity contribution in [2.45, 2.75) is 49.4 Å². The highest BCUT2D eigenvalue weighted by molar-refractivity contribution is 6.53. The van der Waals surface area contributed by atoms with Gasteiger partial charge in [-0.05, 0) is 68.0 Å². The molecule has 7 heteroatoms. The molecule has 4 nitrogen and oxygen atoms in total. The first-order chi connectivity index (χ1) is 14.2. The molecule has 0 saturated heterocycles. The van der Waals surface area contributed by atoms with E-state index in [9.17, 15) is 9.59 Å². The molecular weight excluding hydrogens is 443 g/mol. The molecule has 0 bridgehead atoms. The minimum atomic E-state index is -1.16. The van der Waals surface area contributed by atoms with Crippen LogP contribution in [0.3, 0.4) is 0 Å². The summed E-state index contributed by atoms with van der Waals surface area (Å²) in [7, 11) is 0. The van der Waals surface area contributed by atoms with Gasteiger partial charge in [0.05, 0.1) is 16.5 Å². The highest BCUT2D eigenvalue weighted by atomic mass is 35.5. The average molecular weight is 466 g/mol. The number of carbonyl (C=O) groups is 2. The molecule has 30 heavy (non-hydrogen) atoms. The van der Waals surface area contributed by atoms with E-state index in [0.717, 1.165) is 30.4 Å². The Morgan fingerprint density at radius 3 is 2.40 bits per heavy atom. The average Bonchev–Trinajstić information content (AvgIpc) is 3.24. The van der Waals surface area contributed by atoms with Crippen molar-refractivity contribution in [2.75, 3.05) is 5.32 Å². The Bertz CT molecular complexity index is 1020. The maximum atomic E-state index is 12.9. The largest absolute Gasteiger partial charge is 0.349 e. The smallest absolute Gasteiger partial charge is 0.253 e. The van der Waals surface area contributed by atoms with E-state index in [1.165, 1.54) is 5.56 Å². The summed E-state index contributed by atoms with van der Waals surface area (Å²) < 4.78 is -1.16. The van der Waals surface area contributed by atoms with Gasteiger partial charge in [0.25, 0.3) is 5.91 Å². The van der Waals surface area contributed by atoms with Gasteiger partial charge in [0.1, 0.15) is 4.33 Å². The van der Waals surface area contributed by atoms with E-state index in [1.54, 1.807) is 18.2 Å². The molecule has 0 spiro atoms. The van der Waals surface area contributed by atoms with Crippen LogP contribution in [-0.4, -0.2) is 22.2 Å². The van der Waals surface area contributed by atoms with Crippen LogP contribution in [0.2, 0.25) is 5.02 Å². The van der Waals surface area contributed by atoms with E-state index < -0.39 is 10.3 Å². The number of anilines is 1. The van der Waals surface area contributed by atoms with Crippen molar-refractivity contribution in [3.8, 4) is 0 Å². The van der Waals surface area contributed by atoms with Crippen LogP contribution in [0.1, 0.15) is 52.2 Å². The molecule has 2 aliphatic carbocycles. The van der Waals surface area contributed by atoms with Gasteiger partial charge in [-0.1, -0.05) is 29.8 Å². The maximum absolute atomic E-state index is 12.9. The van der Waals surface area contributed by atoms with Crippen LogP contribution < -0.4 is 10.6 Å². The normalized spacial score (nSPS) is 22.2. The molecule has 2 fully saturated rings. The number of rotatable bonds is 5. The van der Waals surface area contributed by atoms with Gasteiger partial charge in [-0.25, -0.2) is 0 Å². The molecule has 158 valence electrons. The van der Waals surface area contributed by atoms with Gasteiger partial charge in [-0.15, -0.1) is 23.2 Å². The van der Waals surface area contributed by atoms with Crippen molar-refractivity contribution < 1.29 is 9.59 Å². The molecule has 2 N–H and O–H groups in total. The summed E-state index contributed by atoms with van der Waals surface area (Å²) in [5, 5.41) is 6.15. The minimum absolute atomic E-state index is 0.199. The fraction of sp³-hybridized carbons (Fsp3) is 0.391. The Hall–Kier alpha value is -1.75. The fourth-order valence-electron chi connectivity index (χ4n) is 3.84. The molecule has 0 radical (unpaired) electrons. The number of halogens is 3. The molecule has 2 amide bonds. The zero-order chi connectivity index (χ0) is 21.6. The number of carbonyl (C=O) groups excluding carboxylic acids is 2. The lowest BCUT2D eigenvalue weighted by Gasteiger charge is -2.26. The van der Waals surface area contributed by atoms with Gasteiger partial charge < -0.3 is 10.6 Å². The first-order valence-corrected chi connectivity index (χ1v) is 11.2. The summed E-state index contributed by atoms with van der Waals surface area (Å²) in [5.41, 5.74) is 4.07. The number of hydrogen-bond donors (Lipinski definition) is 2. The Morgan fingerprint density at radius 1 is 1.03 bits per heavy atom. The van der Waals surface area contributed by atoms with Crippen LogP contribution in [0.15, 0.2) is 36.4 Å². The summed E-state index contributed by atoms with van der Waals surface area (Å²) >= 11 is 19.1. The molecule has 2 aliphatic rings. The van der Waals surface area contributed by atoms with Crippen LogP contribution in [0.5, 0.6) is 0 Å². The molecule has 2 unspecified atom stereocenters. The zero-order valence-corrected chi connectivity index (χ0v) is 19.0. The van der Waals surface area contributed by atoms with Gasteiger partial charge >= 0.3 is 0 Å². The van der Waals surface area contributed by atoms with Gasteiger partial charge in [0.2, 0.25) is 5.91 Å². The van der Waals surface area contributed by atoms with Crippen molar-refractivity contribution in [3.63, 3.8) is 0 Å². The second-order valence-corrected chi connectivity index (χ2v) is 10.1. The Labute approximate surface area is 191 Å². The lowest BCUT2D eigenvalue weighted by Crippen LogP contribution is -2.39. The SMILES string of the molecule is Cc1ccc(C2C(C(=O)Nc3ccc(Cl)c(C(=O)NC4CCC4)c3)C2(Cl)Cl)cc1C. The van der Waals surface area contributed by atoms with Crippen LogP contribution in [0, 0.1) is 19.8 Å². The predicted molar refractivity (Wildman–Crippen MR) is 122 cm³/mol. The van der Waals surface area contributed by atoms with Crippen LogP contribution >= 0.6 is 34.8 Å². The van der Waals surface area contributed by atoms with Gasteiger partial charge in [-0.3, -0.25) is 9.59 Å². The number of amides is 2. The number of nitrogens with one attached hydrogen (secondary N) is 2. The Morgan fingerprint density at radius 2 is 1.77 bits per heavy atom. The predicted octanol–water partition coefficient (Wildman–Crippen LogP) is 5.77. The third-order valence-electron chi connectivity index (χ3n) is 6.14. The van der Waals surface area contributed by atoms with Crippen molar-refractivity contribution in [1.29, 1.82) is 0 Å². The molecule has 0 heterocycles. The third kappa shape index (κ3) is 4.05. The topological polar surface area (TPSA) is 58.2 Å². The summed E-state index contributed by atoms with van der Waals surface area (Å²) in [4.78, 5) is 25.4. The summed E-state index contributed by atoms with van der Waals surface area (Å²) in [6, 6.07) is 11.1. The van der Waals surface area contributed by atoms with Crippen LogP contribution in [0.25, 0.3) is 0 Å². The Balaban J connectivity index is 1.49. The van der Waals surface area contributed by atoms with Crippen molar-refractivity contribution >= 4 is 52.3 Å². The quantitative estimate of drug-likeness (QED) is 0.551. The Kier molecular flexibility index (Phi) is 5.78. The molecule has 0 aromatic heterocycles. The van der Waals surface area contributed by atoms with Crippen molar-refractivity contribution in [1.82, 2.24) is 5.32 Å². The highest BCUT2D eigenvalue weighted by Crippen LogP contribution is 2.65. The number of benzene rings is 2. The van der Waals surface area contributed by atoms with E-state index in [-0.39, 0.29) is 23.8 Å². The van der Waals surface area contributed by atoms with E-state index in [2.05, 4.69) is 10.6 Å². The second-order valence-electron chi connectivity index (χ2n) is 8.26. The standard InChI is InChI=1S/C23H23Cl3N2O2/c1-12-6-7-14(10-13(12)2)19-20(23(19,25)26)22(30)28-16-8-9-18(24)17(11-16)21(29)27-15-4-3-5-15/h6-11,15,19-20H,3-5H2,1-2H3,(H,27,29)(H,28,30). The summed E-state index contributed by atoms with van der Waals surface area (Å²) in [6.07, 6.45) is 3.08. The molecule has 0 aliphatic heterocycles. The van der Waals surface area contributed by atoms with E-state index in [4.69, 9.17) is 34.8 Å². The lowest BCUT2D eigenvalue weighted by molar-refractivity contribution is -0.117. The zero-order valence-electron chi connectivity index (χ0n) is 16.8. The van der Waals surface area contributed by atoms with E-state index >= 15 is 0 Å². The summed E-state index contributed by atoms with van der Waals surface area (Å²) in [5.74, 6) is -1.38. The van der Waals surface area contributed by atoms with E-state index in [0.29, 0.717) is 16.3 Å². The van der Waals surface area contributed by atoms with Crippen LogP contribution in [0.4, 0.5) is 5.69 Å². The lowest BCUT2D eigenvalue weighted by atomic mass is 9.93. The van der Waals surface area contributed by atoms with Gasteiger partial charge in [-0.2, -0.15) is 0 Å². The molecule has 4 rings (SSSR count). The van der Waals surface area contributed by atoms with Crippen molar-refractivity contribution in [3.05, 3.63) is 63.7 Å². The van der Waals surface area contributed by atoms with Crippen LogP contribution in [-0.2, 0) is 4.79 Å². The van der Waals surface area contributed by atoms with Gasteiger partial charge in [0.15, 0.2) is 0 Å². The third-order valence-corrected chi connectivity index (χ3v) is 7.41.